The predicted octanol–water partition coefficient (Wildman–Crippen LogP) is 13.9. The molecule has 0 aliphatic carbocycles. The molecule has 0 radical (unpaired) electrons. The summed E-state index contributed by atoms with van der Waals surface area (Å²) >= 11 is 0. The largest absolute Gasteiger partial charge is 0.228 e. The second kappa shape index (κ2) is 13.4. The van der Waals surface area contributed by atoms with Gasteiger partial charge < -0.3 is 0 Å². The van der Waals surface area contributed by atoms with Crippen molar-refractivity contribution in [2.75, 3.05) is 0 Å². The molecule has 0 saturated heterocycles. The van der Waals surface area contributed by atoms with Crippen LogP contribution in [0.25, 0.3) is 99.6 Å². The fourth-order valence-corrected chi connectivity index (χ4v) is 7.65. The molecule has 2 heteroatoms. The van der Waals surface area contributed by atoms with Crippen molar-refractivity contribution in [3.63, 3.8) is 0 Å². The van der Waals surface area contributed by atoms with E-state index in [0.29, 0.717) is 0 Å². The standard InChI is InChI=1S/C52H34N2/c1-2-13-38(14-3-1)51-50-48-22-7-6-12-37(48)29-30-49(50)53-52(54-51)39-26-23-36(24-27-39)41-16-8-17-42(31-41)43-18-9-19-44(33-43)45-20-10-21-46(34-45)47-28-25-35-11-4-5-15-40(35)32-47/h1-34H. The van der Waals surface area contributed by atoms with Crippen molar-refractivity contribution in [3.05, 3.63) is 206 Å². The van der Waals surface area contributed by atoms with E-state index in [1.165, 1.54) is 55.1 Å². The summed E-state index contributed by atoms with van der Waals surface area (Å²) in [7, 11) is 0. The molecule has 1 aromatic heterocycles. The average molecular weight is 687 g/mol. The third kappa shape index (κ3) is 5.90. The Morgan fingerprint density at radius 2 is 0.722 bits per heavy atom. The Kier molecular flexibility index (Phi) is 7.85. The first kappa shape index (κ1) is 31.6. The first-order valence-corrected chi connectivity index (χ1v) is 18.4. The van der Waals surface area contributed by atoms with Crippen LogP contribution < -0.4 is 0 Å². The third-order valence-electron chi connectivity index (χ3n) is 10.4. The van der Waals surface area contributed by atoms with Crippen molar-refractivity contribution in [1.82, 2.24) is 9.97 Å². The zero-order valence-corrected chi connectivity index (χ0v) is 29.5. The van der Waals surface area contributed by atoms with E-state index in [9.17, 15) is 0 Å². The van der Waals surface area contributed by atoms with Gasteiger partial charge in [0, 0.05) is 16.5 Å². The highest BCUT2D eigenvalue weighted by Crippen LogP contribution is 2.36. The summed E-state index contributed by atoms with van der Waals surface area (Å²) in [6.45, 7) is 0. The molecule has 10 aromatic rings. The van der Waals surface area contributed by atoms with Gasteiger partial charge in [0.1, 0.15) is 0 Å². The molecule has 0 unspecified atom stereocenters. The van der Waals surface area contributed by atoms with Crippen LogP contribution >= 0.6 is 0 Å². The fraction of sp³-hybridized carbons (Fsp3) is 0. The molecule has 0 atom stereocenters. The Hall–Kier alpha value is -7.16. The van der Waals surface area contributed by atoms with E-state index in [1.54, 1.807) is 0 Å². The number of hydrogen-bond acceptors (Lipinski definition) is 2. The van der Waals surface area contributed by atoms with Crippen molar-refractivity contribution in [3.8, 4) is 67.2 Å². The smallest absolute Gasteiger partial charge is 0.160 e. The van der Waals surface area contributed by atoms with Crippen LogP contribution in [0, 0.1) is 0 Å². The first-order valence-electron chi connectivity index (χ1n) is 18.4. The number of hydrogen-bond donors (Lipinski definition) is 0. The fourth-order valence-electron chi connectivity index (χ4n) is 7.65. The lowest BCUT2D eigenvalue weighted by atomic mass is 9.94. The summed E-state index contributed by atoms with van der Waals surface area (Å²) in [5, 5.41) is 5.94. The summed E-state index contributed by atoms with van der Waals surface area (Å²) < 4.78 is 0. The van der Waals surface area contributed by atoms with Gasteiger partial charge in [0.2, 0.25) is 0 Å². The Labute approximate surface area is 314 Å². The van der Waals surface area contributed by atoms with Crippen molar-refractivity contribution >= 4 is 32.4 Å². The Morgan fingerprint density at radius 1 is 0.259 bits per heavy atom. The van der Waals surface area contributed by atoms with E-state index in [4.69, 9.17) is 9.97 Å². The molecule has 0 bridgehead atoms. The Morgan fingerprint density at radius 3 is 1.37 bits per heavy atom. The minimum absolute atomic E-state index is 0.721. The number of benzene rings is 9. The molecule has 10 rings (SSSR count). The maximum atomic E-state index is 5.20. The van der Waals surface area contributed by atoms with Crippen LogP contribution in [0.15, 0.2) is 206 Å². The van der Waals surface area contributed by atoms with Crippen LogP contribution in [0.2, 0.25) is 0 Å². The van der Waals surface area contributed by atoms with Crippen molar-refractivity contribution < 1.29 is 0 Å². The predicted molar refractivity (Wildman–Crippen MR) is 227 cm³/mol. The molecule has 252 valence electrons. The van der Waals surface area contributed by atoms with Crippen LogP contribution in [0.4, 0.5) is 0 Å². The van der Waals surface area contributed by atoms with Crippen LogP contribution in [0.5, 0.6) is 0 Å². The molecule has 0 aliphatic heterocycles. The normalized spacial score (nSPS) is 11.3. The highest BCUT2D eigenvalue weighted by atomic mass is 14.9. The Balaban J connectivity index is 0.962. The minimum atomic E-state index is 0.721. The van der Waals surface area contributed by atoms with Crippen LogP contribution in [0.3, 0.4) is 0 Å². The quantitative estimate of drug-likeness (QED) is 0.163. The maximum Gasteiger partial charge on any atom is 0.160 e. The van der Waals surface area contributed by atoms with Crippen molar-refractivity contribution in [1.29, 1.82) is 0 Å². The second-order valence-corrected chi connectivity index (χ2v) is 13.8. The van der Waals surface area contributed by atoms with E-state index >= 15 is 0 Å². The molecule has 0 fully saturated rings. The van der Waals surface area contributed by atoms with Gasteiger partial charge in [0.05, 0.1) is 11.2 Å². The molecule has 0 amide bonds. The summed E-state index contributed by atoms with van der Waals surface area (Å²) in [4.78, 5) is 10.3. The van der Waals surface area contributed by atoms with Gasteiger partial charge >= 0.3 is 0 Å². The maximum absolute atomic E-state index is 5.20. The van der Waals surface area contributed by atoms with Gasteiger partial charge in [-0.2, -0.15) is 0 Å². The third-order valence-corrected chi connectivity index (χ3v) is 10.4. The van der Waals surface area contributed by atoms with E-state index < -0.39 is 0 Å². The number of rotatable bonds is 6. The first-order chi connectivity index (χ1) is 26.7. The van der Waals surface area contributed by atoms with Gasteiger partial charge in [-0.1, -0.05) is 176 Å². The van der Waals surface area contributed by atoms with Gasteiger partial charge in [-0.05, 0) is 96.4 Å². The SMILES string of the molecule is c1ccc(-c2nc(-c3ccc(-c4cccc(-c5cccc(-c6cccc(-c7ccc8ccccc8c7)c6)c5)c4)cc3)nc3ccc4ccccc4c23)cc1. The molecule has 2 nitrogen and oxygen atoms in total. The molecule has 0 aliphatic rings. The zero-order chi connectivity index (χ0) is 35.8. The molecule has 0 saturated carbocycles. The van der Waals surface area contributed by atoms with E-state index in [1.807, 2.05) is 6.07 Å². The molecule has 0 N–H and O–H groups in total. The zero-order valence-electron chi connectivity index (χ0n) is 29.5. The second-order valence-electron chi connectivity index (χ2n) is 13.8. The molecular weight excluding hydrogens is 653 g/mol. The van der Waals surface area contributed by atoms with Gasteiger partial charge in [0.25, 0.3) is 0 Å². The van der Waals surface area contributed by atoms with E-state index in [-0.39, 0.29) is 0 Å². The van der Waals surface area contributed by atoms with Gasteiger partial charge in [-0.3, -0.25) is 0 Å². The Bertz CT molecular complexity index is 2980. The molecular formula is C52H34N2. The van der Waals surface area contributed by atoms with Gasteiger partial charge in [-0.15, -0.1) is 0 Å². The molecule has 1 heterocycles. The molecule has 54 heavy (non-hydrogen) atoms. The average Bonchev–Trinajstić information content (AvgIpc) is 3.26. The monoisotopic (exact) mass is 686 g/mol. The topological polar surface area (TPSA) is 25.8 Å². The summed E-state index contributed by atoms with van der Waals surface area (Å²) in [5.74, 6) is 0.721. The minimum Gasteiger partial charge on any atom is -0.228 e. The van der Waals surface area contributed by atoms with Crippen molar-refractivity contribution in [2.24, 2.45) is 0 Å². The highest BCUT2D eigenvalue weighted by molar-refractivity contribution is 6.12. The van der Waals surface area contributed by atoms with Crippen LogP contribution in [-0.2, 0) is 0 Å². The number of fused-ring (bicyclic) bond motifs is 4. The highest BCUT2D eigenvalue weighted by Gasteiger charge is 2.15. The molecule has 0 spiro atoms. The van der Waals surface area contributed by atoms with E-state index in [2.05, 4.69) is 200 Å². The van der Waals surface area contributed by atoms with Gasteiger partial charge in [0.15, 0.2) is 5.82 Å². The van der Waals surface area contributed by atoms with E-state index in [0.717, 1.165) is 44.5 Å². The molecule has 9 aromatic carbocycles. The summed E-state index contributed by atoms with van der Waals surface area (Å²) in [6.07, 6.45) is 0. The van der Waals surface area contributed by atoms with Gasteiger partial charge in [-0.25, -0.2) is 9.97 Å². The summed E-state index contributed by atoms with van der Waals surface area (Å²) in [5.41, 5.74) is 13.5. The van der Waals surface area contributed by atoms with Crippen molar-refractivity contribution in [2.45, 2.75) is 0 Å². The lowest BCUT2D eigenvalue weighted by Crippen LogP contribution is -1.96. The number of nitrogens with zero attached hydrogens (tertiary/aromatic N) is 2. The number of aromatic nitrogens is 2. The lowest BCUT2D eigenvalue weighted by Gasteiger charge is -2.12. The van der Waals surface area contributed by atoms with Crippen LogP contribution in [0.1, 0.15) is 0 Å². The lowest BCUT2D eigenvalue weighted by molar-refractivity contribution is 1.23. The van der Waals surface area contributed by atoms with Crippen LogP contribution in [-0.4, -0.2) is 9.97 Å². The summed E-state index contributed by atoms with van der Waals surface area (Å²) in [6, 6.07) is 73.6.